The Bertz CT molecular complexity index is 1790. The summed E-state index contributed by atoms with van der Waals surface area (Å²) in [5, 5.41) is 18.3. The number of ether oxygens (including phenoxy) is 1. The van der Waals surface area contributed by atoms with E-state index in [0.717, 1.165) is 40.4 Å². The number of halogens is 3. The first-order valence-electron chi connectivity index (χ1n) is 14.2. The van der Waals surface area contributed by atoms with E-state index in [4.69, 9.17) is 19.4 Å². The van der Waals surface area contributed by atoms with Crippen LogP contribution in [0, 0.1) is 0 Å². The highest BCUT2D eigenvalue weighted by molar-refractivity contribution is 7.89. The molecule has 1 aliphatic carbocycles. The number of hydrogen-bond acceptors (Lipinski definition) is 7. The van der Waals surface area contributed by atoms with Crippen LogP contribution in [-0.2, 0) is 52.9 Å². The van der Waals surface area contributed by atoms with Gasteiger partial charge in [-0.1, -0.05) is 36.4 Å². The maximum Gasteiger partial charge on any atom is 0.449 e. The average molecular weight is 664 g/mol. The van der Waals surface area contributed by atoms with Gasteiger partial charge >= 0.3 is 6.18 Å². The lowest BCUT2D eigenvalue weighted by atomic mass is 9.91. The van der Waals surface area contributed by atoms with E-state index in [1.165, 1.54) is 13.2 Å². The zero-order valence-corrected chi connectivity index (χ0v) is 25.9. The van der Waals surface area contributed by atoms with E-state index in [1.54, 1.807) is 54.6 Å². The normalized spacial score (nSPS) is 14.5. The van der Waals surface area contributed by atoms with Gasteiger partial charge in [-0.25, -0.2) is 8.42 Å². The van der Waals surface area contributed by atoms with Crippen LogP contribution in [0.1, 0.15) is 41.1 Å². The minimum Gasteiger partial charge on any atom is -0.496 e. The fourth-order valence-corrected chi connectivity index (χ4v) is 8.07. The smallest absolute Gasteiger partial charge is 0.449 e. The molecule has 0 radical (unpaired) electrons. The number of hydrogen-bond donors (Lipinski definition) is 2. The number of fused-ring (bicyclic) bond motifs is 1. The molecule has 0 bridgehead atoms. The van der Waals surface area contributed by atoms with Crippen LogP contribution >= 0.6 is 0 Å². The molecule has 1 aliphatic rings. The lowest BCUT2D eigenvalue weighted by molar-refractivity contribution is -0.153. The van der Waals surface area contributed by atoms with E-state index >= 15 is 0 Å². The van der Waals surface area contributed by atoms with Crippen molar-refractivity contribution in [3.05, 3.63) is 101 Å². The number of aliphatic hydroxyl groups excluding tert-OH is 1. The van der Waals surface area contributed by atoms with Gasteiger partial charge in [0.2, 0.25) is 15.8 Å². The Balaban J connectivity index is 1.48. The Kier molecular flexibility index (Phi) is 9.85. The molecule has 13 heteroatoms. The molecular formula is C32H32F3NO7S2. The Morgan fingerprint density at radius 3 is 2.29 bits per heavy atom. The predicted molar refractivity (Wildman–Crippen MR) is 161 cm³/mol. The summed E-state index contributed by atoms with van der Waals surface area (Å²) in [5.41, 5.74) is 3.51. The zero-order chi connectivity index (χ0) is 32.4. The van der Waals surface area contributed by atoms with Gasteiger partial charge in [0.25, 0.3) is 0 Å². The molecule has 240 valence electrons. The van der Waals surface area contributed by atoms with Gasteiger partial charge in [0.05, 0.1) is 35.1 Å². The van der Waals surface area contributed by atoms with E-state index in [1.807, 2.05) is 0 Å². The summed E-state index contributed by atoms with van der Waals surface area (Å²) in [7, 11) is -4.31. The summed E-state index contributed by atoms with van der Waals surface area (Å²) < 4.78 is 92.3. The molecule has 3 aromatic carbocycles. The third kappa shape index (κ3) is 7.50. The number of nitrogens with zero attached hydrogens (tertiary/aromatic N) is 1. The summed E-state index contributed by atoms with van der Waals surface area (Å²) in [5.74, 6) is -1.09. The topological polar surface area (TPSA) is 117 Å². The van der Waals surface area contributed by atoms with Gasteiger partial charge in [-0.2, -0.15) is 17.5 Å². The van der Waals surface area contributed by atoms with Crippen LogP contribution in [0.4, 0.5) is 13.2 Å². The van der Waals surface area contributed by atoms with Crippen molar-refractivity contribution in [3.63, 3.8) is 0 Å². The van der Waals surface area contributed by atoms with Gasteiger partial charge in [-0.3, -0.25) is 4.21 Å². The Hall–Kier alpha value is -3.49. The van der Waals surface area contributed by atoms with Gasteiger partial charge < -0.3 is 19.4 Å². The van der Waals surface area contributed by atoms with Gasteiger partial charge in [-0.05, 0) is 89.9 Å². The van der Waals surface area contributed by atoms with Crippen molar-refractivity contribution < 1.29 is 45.2 Å². The monoisotopic (exact) mass is 663 g/mol. The molecule has 5 rings (SSSR count). The maximum atomic E-state index is 14.2. The van der Waals surface area contributed by atoms with Crippen LogP contribution in [0.3, 0.4) is 0 Å². The summed E-state index contributed by atoms with van der Waals surface area (Å²) >= 11 is 0. The first-order chi connectivity index (χ1) is 21.4. The van der Waals surface area contributed by atoms with Crippen LogP contribution in [0.25, 0.3) is 11.1 Å². The maximum absolute atomic E-state index is 14.2. The second-order valence-corrected chi connectivity index (χ2v) is 14.1. The molecule has 0 amide bonds. The number of aliphatic hydroxyl groups is 2. The van der Waals surface area contributed by atoms with Crippen LogP contribution in [0.2, 0.25) is 0 Å². The van der Waals surface area contributed by atoms with Crippen molar-refractivity contribution in [2.45, 2.75) is 61.0 Å². The minimum atomic E-state index is -4.71. The summed E-state index contributed by atoms with van der Waals surface area (Å²) in [4.78, 5) is 0.511. The second kappa shape index (κ2) is 13.5. The molecule has 45 heavy (non-hydrogen) atoms. The average Bonchev–Trinajstić information content (AvgIpc) is 3.50. The highest BCUT2D eigenvalue weighted by Crippen LogP contribution is 2.37. The molecule has 2 N–H and O–H groups in total. The van der Waals surface area contributed by atoms with Gasteiger partial charge in [-0.15, -0.1) is 0 Å². The van der Waals surface area contributed by atoms with Gasteiger partial charge in [0.1, 0.15) is 11.5 Å². The molecular weight excluding hydrogens is 631 g/mol. The van der Waals surface area contributed by atoms with E-state index in [9.17, 15) is 25.8 Å². The Morgan fingerprint density at radius 2 is 1.64 bits per heavy atom. The van der Waals surface area contributed by atoms with Crippen LogP contribution in [0.5, 0.6) is 5.75 Å². The first-order valence-corrected chi connectivity index (χ1v) is 16.9. The molecule has 1 heterocycles. The van der Waals surface area contributed by atoms with Crippen molar-refractivity contribution in [3.8, 4) is 16.9 Å². The van der Waals surface area contributed by atoms with Crippen molar-refractivity contribution in [1.29, 1.82) is 0 Å². The molecule has 8 nitrogen and oxygen atoms in total. The third-order valence-corrected chi connectivity index (χ3v) is 10.9. The molecule has 0 fully saturated rings. The Morgan fingerprint density at radius 1 is 0.933 bits per heavy atom. The van der Waals surface area contributed by atoms with Crippen LogP contribution in [-0.4, -0.2) is 46.3 Å². The quantitative estimate of drug-likeness (QED) is 0.199. The molecule has 0 saturated carbocycles. The summed E-state index contributed by atoms with van der Waals surface area (Å²) in [6.45, 7) is -0.574. The molecule has 4 aromatic rings. The van der Waals surface area contributed by atoms with E-state index in [0.29, 0.717) is 40.2 Å². The standard InChI is InChI=1S/C32H32F3NO7S2/c1-42-28-14-15-29(27-8-3-2-7-26(27)28)45(40,41)36(19-24-13-16-30(43-24)32(33,34)35)18-21-9-11-22(12-10-21)23-5-4-6-25(17-23)44(39)20-31(37)38/h4-6,9-17,31,37-38H,2-3,7-8,18-20H2,1H3. The van der Waals surface area contributed by atoms with Crippen molar-refractivity contribution in [2.24, 2.45) is 0 Å². The fraction of sp³-hybridized carbons (Fsp3) is 0.312. The van der Waals surface area contributed by atoms with Crippen molar-refractivity contribution >= 4 is 20.8 Å². The first kappa shape index (κ1) is 32.9. The third-order valence-electron chi connectivity index (χ3n) is 7.60. The number of benzene rings is 3. The van der Waals surface area contributed by atoms with Crippen molar-refractivity contribution in [1.82, 2.24) is 4.31 Å². The number of rotatable bonds is 11. The highest BCUT2D eigenvalue weighted by atomic mass is 32.2. The highest BCUT2D eigenvalue weighted by Gasteiger charge is 2.36. The zero-order valence-electron chi connectivity index (χ0n) is 24.3. The van der Waals surface area contributed by atoms with Gasteiger partial charge in [0.15, 0.2) is 6.29 Å². The Labute approximate surface area is 261 Å². The van der Waals surface area contributed by atoms with E-state index in [2.05, 4.69) is 0 Å². The molecule has 0 saturated heterocycles. The number of alkyl halides is 3. The SMILES string of the molecule is COc1ccc(S(=O)(=O)N(Cc2ccc(-c3cccc(S(=O)CC(O)O)c3)cc2)Cc2ccc(C(F)(F)F)o2)c2c1CCCC2. The van der Waals surface area contributed by atoms with Crippen LogP contribution in [0.15, 0.2) is 87.0 Å². The largest absolute Gasteiger partial charge is 0.496 e. The minimum absolute atomic E-state index is 0.0926. The predicted octanol–water partition coefficient (Wildman–Crippen LogP) is 5.66. The lowest BCUT2D eigenvalue weighted by Gasteiger charge is -2.26. The van der Waals surface area contributed by atoms with E-state index in [-0.39, 0.29) is 23.0 Å². The van der Waals surface area contributed by atoms with E-state index < -0.39 is 45.6 Å². The molecule has 0 aliphatic heterocycles. The molecule has 1 atom stereocenters. The summed E-state index contributed by atoms with van der Waals surface area (Å²) in [6, 6.07) is 18.7. The molecule has 0 spiro atoms. The van der Waals surface area contributed by atoms with Gasteiger partial charge in [0, 0.05) is 11.4 Å². The second-order valence-electron chi connectivity index (χ2n) is 10.7. The lowest BCUT2D eigenvalue weighted by Crippen LogP contribution is -2.31. The molecule has 1 unspecified atom stereocenters. The number of sulfonamides is 1. The number of furan rings is 1. The van der Waals surface area contributed by atoms with Crippen LogP contribution < -0.4 is 4.74 Å². The molecule has 1 aromatic heterocycles. The fourth-order valence-electron chi connectivity index (χ4n) is 5.44. The number of methoxy groups -OCH3 is 1. The van der Waals surface area contributed by atoms with Crippen molar-refractivity contribution in [2.75, 3.05) is 12.9 Å². The summed E-state index contributed by atoms with van der Waals surface area (Å²) in [6.07, 6.45) is -3.55.